The van der Waals surface area contributed by atoms with Gasteiger partial charge in [-0.3, -0.25) is 0 Å². The first-order chi connectivity index (χ1) is 11.4. The number of hydrogen-bond acceptors (Lipinski definition) is 4. The molecule has 6 heteroatoms. The van der Waals surface area contributed by atoms with Gasteiger partial charge in [-0.25, -0.2) is 13.1 Å². The van der Waals surface area contributed by atoms with Crippen molar-refractivity contribution in [1.82, 2.24) is 4.72 Å². The molecule has 130 valence electrons. The molecule has 0 radical (unpaired) electrons. The molecule has 1 N–H and O–H groups in total. The summed E-state index contributed by atoms with van der Waals surface area (Å²) in [7, 11) is -1.82. The number of hydrogen-bond donors (Lipinski definition) is 1. The predicted octanol–water partition coefficient (Wildman–Crippen LogP) is 2.89. The Labute approximate surface area is 143 Å². The fraction of sp³-hybridized carbons (Fsp3) is 0.333. The van der Waals surface area contributed by atoms with E-state index in [0.29, 0.717) is 5.75 Å². The van der Waals surface area contributed by atoms with Crippen LogP contribution in [0.1, 0.15) is 18.1 Å². The highest BCUT2D eigenvalue weighted by atomic mass is 32.2. The van der Waals surface area contributed by atoms with Crippen molar-refractivity contribution in [3.8, 4) is 11.5 Å². The standard InChI is InChI=1S/C18H23NO4S/c1-14-5-4-6-16(11-14)13-24(20,21)19-15(2)12-23-18-9-7-17(22-3)8-10-18/h4-11,15,19H,12-13H2,1-3H3/t15-/m0/s1. The Morgan fingerprint density at radius 3 is 2.38 bits per heavy atom. The van der Waals surface area contributed by atoms with E-state index in [-0.39, 0.29) is 18.4 Å². The van der Waals surface area contributed by atoms with Gasteiger partial charge in [0.15, 0.2) is 0 Å². The molecule has 5 nitrogen and oxygen atoms in total. The van der Waals surface area contributed by atoms with Crippen LogP contribution in [0.15, 0.2) is 48.5 Å². The Morgan fingerprint density at radius 2 is 1.75 bits per heavy atom. The fourth-order valence-electron chi connectivity index (χ4n) is 2.30. The molecule has 0 bridgehead atoms. The summed E-state index contributed by atoms with van der Waals surface area (Å²) < 4.78 is 37.8. The Balaban J connectivity index is 1.86. The molecule has 0 amide bonds. The van der Waals surface area contributed by atoms with Gasteiger partial charge in [0.1, 0.15) is 18.1 Å². The lowest BCUT2D eigenvalue weighted by molar-refractivity contribution is 0.287. The van der Waals surface area contributed by atoms with E-state index in [1.54, 1.807) is 38.3 Å². The highest BCUT2D eigenvalue weighted by Gasteiger charge is 2.16. The lowest BCUT2D eigenvalue weighted by atomic mass is 10.2. The highest BCUT2D eigenvalue weighted by Crippen LogP contribution is 2.17. The van der Waals surface area contributed by atoms with Crippen molar-refractivity contribution in [3.63, 3.8) is 0 Å². The van der Waals surface area contributed by atoms with Gasteiger partial charge >= 0.3 is 0 Å². The summed E-state index contributed by atoms with van der Waals surface area (Å²) in [6.07, 6.45) is 0. The summed E-state index contributed by atoms with van der Waals surface area (Å²) in [5, 5.41) is 0. The summed E-state index contributed by atoms with van der Waals surface area (Å²) in [5.74, 6) is 1.37. The Bertz CT molecular complexity index is 757. The maximum atomic E-state index is 12.2. The van der Waals surface area contributed by atoms with Crippen molar-refractivity contribution in [2.24, 2.45) is 0 Å². The second-order valence-corrected chi connectivity index (χ2v) is 7.51. The number of ether oxygens (including phenoxy) is 2. The van der Waals surface area contributed by atoms with Gasteiger partial charge in [0, 0.05) is 0 Å². The molecule has 0 spiro atoms. The lowest BCUT2D eigenvalue weighted by Gasteiger charge is -2.15. The molecule has 24 heavy (non-hydrogen) atoms. The van der Waals surface area contributed by atoms with Crippen LogP contribution in [0.5, 0.6) is 11.5 Å². The van der Waals surface area contributed by atoms with Crippen LogP contribution in [0.4, 0.5) is 0 Å². The smallest absolute Gasteiger partial charge is 0.216 e. The topological polar surface area (TPSA) is 64.6 Å². The van der Waals surface area contributed by atoms with E-state index in [0.717, 1.165) is 16.9 Å². The third-order valence-electron chi connectivity index (χ3n) is 3.38. The van der Waals surface area contributed by atoms with E-state index in [1.807, 2.05) is 31.2 Å². The first-order valence-electron chi connectivity index (χ1n) is 7.70. The molecular weight excluding hydrogens is 326 g/mol. The Kier molecular flexibility index (Phi) is 6.23. The quantitative estimate of drug-likeness (QED) is 0.796. The lowest BCUT2D eigenvalue weighted by Crippen LogP contribution is -2.37. The second kappa shape index (κ2) is 8.17. The van der Waals surface area contributed by atoms with E-state index < -0.39 is 10.0 Å². The average molecular weight is 349 g/mol. The number of benzene rings is 2. The molecule has 0 fully saturated rings. The van der Waals surface area contributed by atoms with Crippen molar-refractivity contribution in [3.05, 3.63) is 59.7 Å². The molecule has 2 aromatic rings. The van der Waals surface area contributed by atoms with Gasteiger partial charge in [-0.1, -0.05) is 29.8 Å². The summed E-state index contributed by atoms with van der Waals surface area (Å²) in [6, 6.07) is 14.3. The first-order valence-corrected chi connectivity index (χ1v) is 9.35. The Morgan fingerprint density at radius 1 is 1.08 bits per heavy atom. The molecule has 0 aromatic heterocycles. The normalized spacial score (nSPS) is 12.6. The largest absolute Gasteiger partial charge is 0.497 e. The third-order valence-corrected chi connectivity index (χ3v) is 4.85. The second-order valence-electron chi connectivity index (χ2n) is 5.75. The predicted molar refractivity (Wildman–Crippen MR) is 94.9 cm³/mol. The zero-order valence-corrected chi connectivity index (χ0v) is 15.0. The molecule has 2 rings (SSSR count). The van der Waals surface area contributed by atoms with Crippen LogP contribution in [0.2, 0.25) is 0 Å². The van der Waals surface area contributed by atoms with Crippen molar-refractivity contribution in [2.45, 2.75) is 25.6 Å². The van der Waals surface area contributed by atoms with E-state index in [1.165, 1.54) is 0 Å². The monoisotopic (exact) mass is 349 g/mol. The SMILES string of the molecule is COc1ccc(OC[C@H](C)NS(=O)(=O)Cc2cccc(C)c2)cc1. The van der Waals surface area contributed by atoms with Crippen LogP contribution in [0, 0.1) is 6.92 Å². The van der Waals surface area contributed by atoms with Gasteiger partial charge in [0.2, 0.25) is 10.0 Å². The van der Waals surface area contributed by atoms with Gasteiger partial charge in [-0.2, -0.15) is 0 Å². The van der Waals surface area contributed by atoms with Crippen molar-refractivity contribution >= 4 is 10.0 Å². The molecule has 0 saturated heterocycles. The van der Waals surface area contributed by atoms with Crippen LogP contribution in [-0.4, -0.2) is 28.2 Å². The van der Waals surface area contributed by atoms with E-state index >= 15 is 0 Å². The molecule has 0 aliphatic heterocycles. The van der Waals surface area contributed by atoms with Gasteiger partial charge < -0.3 is 9.47 Å². The molecular formula is C18H23NO4S. The summed E-state index contributed by atoms with van der Waals surface area (Å²) in [6.45, 7) is 3.96. The van der Waals surface area contributed by atoms with Gasteiger partial charge in [0.05, 0.1) is 18.9 Å². The van der Waals surface area contributed by atoms with E-state index in [2.05, 4.69) is 4.72 Å². The zero-order chi connectivity index (χ0) is 17.6. The van der Waals surface area contributed by atoms with Crippen LogP contribution >= 0.6 is 0 Å². The van der Waals surface area contributed by atoms with Crippen LogP contribution in [0.25, 0.3) is 0 Å². The summed E-state index contributed by atoms with van der Waals surface area (Å²) in [4.78, 5) is 0. The number of sulfonamides is 1. The van der Waals surface area contributed by atoms with Crippen LogP contribution in [0.3, 0.4) is 0 Å². The summed E-state index contributed by atoms with van der Waals surface area (Å²) in [5.41, 5.74) is 1.81. The maximum absolute atomic E-state index is 12.2. The zero-order valence-electron chi connectivity index (χ0n) is 14.2. The van der Waals surface area contributed by atoms with Crippen molar-refractivity contribution in [2.75, 3.05) is 13.7 Å². The van der Waals surface area contributed by atoms with Gasteiger partial charge in [-0.15, -0.1) is 0 Å². The van der Waals surface area contributed by atoms with Crippen molar-refractivity contribution in [1.29, 1.82) is 0 Å². The van der Waals surface area contributed by atoms with Crippen LogP contribution in [-0.2, 0) is 15.8 Å². The highest BCUT2D eigenvalue weighted by molar-refractivity contribution is 7.88. The molecule has 0 heterocycles. The number of nitrogens with one attached hydrogen (secondary N) is 1. The van der Waals surface area contributed by atoms with Gasteiger partial charge in [0.25, 0.3) is 0 Å². The van der Waals surface area contributed by atoms with Gasteiger partial charge in [-0.05, 0) is 43.7 Å². The molecule has 1 atom stereocenters. The van der Waals surface area contributed by atoms with Crippen LogP contribution < -0.4 is 14.2 Å². The minimum absolute atomic E-state index is 0.0401. The molecule has 0 aliphatic rings. The first kappa shape index (κ1) is 18.3. The Hall–Kier alpha value is -2.05. The number of methoxy groups -OCH3 is 1. The molecule has 0 aliphatic carbocycles. The molecule has 0 unspecified atom stereocenters. The summed E-state index contributed by atoms with van der Waals surface area (Å²) >= 11 is 0. The third kappa shape index (κ3) is 5.86. The average Bonchev–Trinajstić information content (AvgIpc) is 2.52. The number of aryl methyl sites for hydroxylation is 1. The van der Waals surface area contributed by atoms with E-state index in [9.17, 15) is 8.42 Å². The molecule has 0 saturated carbocycles. The van der Waals surface area contributed by atoms with E-state index in [4.69, 9.17) is 9.47 Å². The molecule has 2 aromatic carbocycles. The van der Waals surface area contributed by atoms with Crippen molar-refractivity contribution < 1.29 is 17.9 Å². The number of rotatable bonds is 8. The fourth-order valence-corrected chi connectivity index (χ4v) is 3.68. The maximum Gasteiger partial charge on any atom is 0.216 e. The minimum atomic E-state index is -3.42. The minimum Gasteiger partial charge on any atom is -0.497 e.